The number of hydrogen-bond donors (Lipinski definition) is 3. The van der Waals surface area contributed by atoms with Gasteiger partial charge in [0.05, 0.1) is 23.6 Å². The molecule has 31 heavy (non-hydrogen) atoms. The molecule has 2 aromatic rings. The van der Waals surface area contributed by atoms with Crippen molar-refractivity contribution in [2.45, 2.75) is 42.4 Å². The molecule has 0 spiro atoms. The fourth-order valence-corrected chi connectivity index (χ4v) is 4.49. The van der Waals surface area contributed by atoms with Crippen molar-refractivity contribution in [3.05, 3.63) is 65.7 Å². The number of halogens is 2. The smallest absolute Gasteiger partial charge is 0.251 e. The molecule has 10 heteroatoms. The summed E-state index contributed by atoms with van der Waals surface area (Å²) in [6.07, 6.45) is 0.451. The van der Waals surface area contributed by atoms with E-state index in [1.807, 2.05) is 0 Å². The fourth-order valence-electron chi connectivity index (χ4n) is 3.44. The molecule has 1 fully saturated rings. The van der Waals surface area contributed by atoms with E-state index in [1.54, 1.807) is 0 Å². The summed E-state index contributed by atoms with van der Waals surface area (Å²) in [6.45, 7) is -0.227. The number of carbonyl (C=O) groups is 1. The number of aliphatic hydroxyl groups is 1. The number of hydrogen-bond acceptors (Lipinski definition) is 5. The average Bonchev–Trinajstić information content (AvgIpc) is 2.74. The molecule has 3 atom stereocenters. The zero-order valence-corrected chi connectivity index (χ0v) is 17.4. The molecule has 0 aliphatic carbocycles. The summed E-state index contributed by atoms with van der Waals surface area (Å²) < 4.78 is 59.1. The number of sulfonamides is 1. The molecule has 0 aromatic heterocycles. The molecule has 7 nitrogen and oxygen atoms in total. The lowest BCUT2D eigenvalue weighted by Gasteiger charge is -2.36. The standard InChI is InChI=1S/C21H24F2N2O5S/c22-15-4-7-18(8-5-15)31(28,29)24-11-10-17-6-9-19(20(13-26)30-17)25-21(27)14-2-1-3-16(23)12-14/h1-5,7-8,12,17,19-20,24,26H,6,9-11,13H2,(H,25,27)/t17-,19-,20+/m0/s1. The molecule has 1 saturated heterocycles. The quantitative estimate of drug-likeness (QED) is 0.566. The van der Waals surface area contributed by atoms with Gasteiger partial charge in [-0.15, -0.1) is 0 Å². The van der Waals surface area contributed by atoms with E-state index in [2.05, 4.69) is 10.0 Å². The molecular weight excluding hydrogens is 430 g/mol. The topological polar surface area (TPSA) is 105 Å². The molecule has 0 radical (unpaired) electrons. The molecule has 1 amide bonds. The predicted octanol–water partition coefficient (Wildman–Crippen LogP) is 1.97. The number of benzene rings is 2. The Morgan fingerprint density at radius 3 is 2.52 bits per heavy atom. The first-order valence-electron chi connectivity index (χ1n) is 9.86. The molecule has 3 rings (SSSR count). The van der Waals surface area contributed by atoms with Crippen LogP contribution >= 0.6 is 0 Å². The van der Waals surface area contributed by atoms with Crippen LogP contribution in [0.25, 0.3) is 0 Å². The maximum absolute atomic E-state index is 13.3. The van der Waals surface area contributed by atoms with Gasteiger partial charge in [0.2, 0.25) is 10.0 Å². The second-order valence-corrected chi connectivity index (χ2v) is 9.05. The van der Waals surface area contributed by atoms with Crippen LogP contribution in [0.5, 0.6) is 0 Å². The van der Waals surface area contributed by atoms with E-state index in [4.69, 9.17) is 4.74 Å². The van der Waals surface area contributed by atoms with Crippen molar-refractivity contribution in [1.29, 1.82) is 0 Å². The van der Waals surface area contributed by atoms with Crippen LogP contribution in [0, 0.1) is 11.6 Å². The van der Waals surface area contributed by atoms with Gasteiger partial charge in [-0.3, -0.25) is 4.79 Å². The number of amides is 1. The summed E-state index contributed by atoms with van der Waals surface area (Å²) in [5.41, 5.74) is 0.175. The van der Waals surface area contributed by atoms with Gasteiger partial charge in [-0.1, -0.05) is 6.07 Å². The van der Waals surface area contributed by atoms with Gasteiger partial charge in [-0.2, -0.15) is 0 Å². The Morgan fingerprint density at radius 1 is 1.10 bits per heavy atom. The highest BCUT2D eigenvalue weighted by Crippen LogP contribution is 2.22. The second kappa shape index (κ2) is 10.3. The van der Waals surface area contributed by atoms with Gasteiger partial charge in [-0.25, -0.2) is 21.9 Å². The van der Waals surface area contributed by atoms with Crippen LogP contribution in [-0.4, -0.2) is 50.8 Å². The molecular formula is C21H24F2N2O5S. The summed E-state index contributed by atoms with van der Waals surface area (Å²) in [4.78, 5) is 12.3. The van der Waals surface area contributed by atoms with Gasteiger partial charge < -0.3 is 15.2 Å². The zero-order valence-electron chi connectivity index (χ0n) is 16.6. The molecule has 0 bridgehead atoms. The first-order valence-corrected chi connectivity index (χ1v) is 11.3. The highest BCUT2D eigenvalue weighted by Gasteiger charge is 2.32. The highest BCUT2D eigenvalue weighted by molar-refractivity contribution is 7.89. The number of aliphatic hydroxyl groups excluding tert-OH is 1. The van der Waals surface area contributed by atoms with Gasteiger partial charge in [-0.05, 0) is 61.7 Å². The van der Waals surface area contributed by atoms with E-state index in [9.17, 15) is 27.1 Å². The van der Waals surface area contributed by atoms with E-state index in [1.165, 1.54) is 30.3 Å². The minimum absolute atomic E-state index is 0.0353. The van der Waals surface area contributed by atoms with Crippen LogP contribution in [0.15, 0.2) is 53.4 Å². The fraction of sp³-hybridized carbons (Fsp3) is 0.381. The number of carbonyl (C=O) groups excluding carboxylic acids is 1. The van der Waals surface area contributed by atoms with Crippen LogP contribution in [0.1, 0.15) is 29.6 Å². The van der Waals surface area contributed by atoms with E-state index >= 15 is 0 Å². The summed E-state index contributed by atoms with van der Waals surface area (Å²) in [7, 11) is -3.77. The van der Waals surface area contributed by atoms with Gasteiger partial charge in [0.15, 0.2) is 0 Å². The molecule has 1 heterocycles. The molecule has 3 N–H and O–H groups in total. The Balaban J connectivity index is 1.50. The van der Waals surface area contributed by atoms with Gasteiger partial charge >= 0.3 is 0 Å². The van der Waals surface area contributed by atoms with E-state index in [-0.39, 0.29) is 29.7 Å². The lowest BCUT2D eigenvalue weighted by Crippen LogP contribution is -2.51. The van der Waals surface area contributed by atoms with Crippen LogP contribution < -0.4 is 10.0 Å². The van der Waals surface area contributed by atoms with Gasteiger partial charge in [0, 0.05) is 12.1 Å². The van der Waals surface area contributed by atoms with Crippen LogP contribution in [0.2, 0.25) is 0 Å². The maximum atomic E-state index is 13.3. The largest absolute Gasteiger partial charge is 0.394 e. The van der Waals surface area contributed by atoms with Crippen molar-refractivity contribution < 1.29 is 31.8 Å². The Kier molecular flexibility index (Phi) is 7.71. The van der Waals surface area contributed by atoms with Crippen molar-refractivity contribution in [2.24, 2.45) is 0 Å². The Hall–Kier alpha value is -2.40. The van der Waals surface area contributed by atoms with Crippen molar-refractivity contribution in [3.8, 4) is 0 Å². The van der Waals surface area contributed by atoms with Crippen molar-refractivity contribution in [3.63, 3.8) is 0 Å². The van der Waals surface area contributed by atoms with Crippen molar-refractivity contribution >= 4 is 15.9 Å². The van der Waals surface area contributed by atoms with Gasteiger partial charge in [0.1, 0.15) is 17.7 Å². The molecule has 1 aliphatic rings. The highest BCUT2D eigenvalue weighted by atomic mass is 32.2. The number of nitrogens with one attached hydrogen (secondary N) is 2. The lowest BCUT2D eigenvalue weighted by molar-refractivity contribution is -0.0891. The van der Waals surface area contributed by atoms with Crippen LogP contribution in [0.4, 0.5) is 8.78 Å². The van der Waals surface area contributed by atoms with E-state index < -0.39 is 39.7 Å². The monoisotopic (exact) mass is 454 g/mol. The second-order valence-electron chi connectivity index (χ2n) is 7.29. The number of ether oxygens (including phenoxy) is 1. The summed E-state index contributed by atoms with van der Waals surface area (Å²) in [5.74, 6) is -1.50. The first kappa shape index (κ1) is 23.3. The first-order chi connectivity index (χ1) is 14.8. The SMILES string of the molecule is O=C(N[C@H]1CC[C@@H](CCNS(=O)(=O)c2ccc(F)cc2)O[C@@H]1CO)c1cccc(F)c1. The van der Waals surface area contributed by atoms with Crippen LogP contribution in [0.3, 0.4) is 0 Å². The minimum atomic E-state index is -3.77. The summed E-state index contributed by atoms with van der Waals surface area (Å²) >= 11 is 0. The van der Waals surface area contributed by atoms with Crippen molar-refractivity contribution in [1.82, 2.24) is 10.0 Å². The third kappa shape index (κ3) is 6.30. The average molecular weight is 454 g/mol. The Labute approximate surface area is 179 Å². The van der Waals surface area contributed by atoms with Crippen LogP contribution in [-0.2, 0) is 14.8 Å². The normalized spacial score (nSPS) is 21.6. The summed E-state index contributed by atoms with van der Waals surface area (Å²) in [6, 6.07) is 9.36. The summed E-state index contributed by atoms with van der Waals surface area (Å²) in [5, 5.41) is 12.4. The maximum Gasteiger partial charge on any atom is 0.251 e. The van der Waals surface area contributed by atoms with E-state index in [0.717, 1.165) is 18.2 Å². The molecule has 0 saturated carbocycles. The minimum Gasteiger partial charge on any atom is -0.394 e. The molecule has 1 aliphatic heterocycles. The Morgan fingerprint density at radius 2 is 1.84 bits per heavy atom. The molecule has 0 unspecified atom stereocenters. The molecule has 168 valence electrons. The lowest BCUT2D eigenvalue weighted by atomic mass is 9.97. The third-order valence-corrected chi connectivity index (χ3v) is 6.56. The van der Waals surface area contributed by atoms with E-state index in [0.29, 0.717) is 19.3 Å². The van der Waals surface area contributed by atoms with Gasteiger partial charge in [0.25, 0.3) is 5.91 Å². The Bertz CT molecular complexity index is 1000. The zero-order chi connectivity index (χ0) is 22.4. The third-order valence-electron chi connectivity index (χ3n) is 5.08. The number of rotatable bonds is 8. The predicted molar refractivity (Wildman–Crippen MR) is 109 cm³/mol. The van der Waals surface area contributed by atoms with Crippen molar-refractivity contribution in [2.75, 3.05) is 13.2 Å². The molecule has 2 aromatic carbocycles.